The number of carbonyl (C=O) groups excluding carboxylic acids is 4. The molecule has 0 saturated carbocycles. The summed E-state index contributed by atoms with van der Waals surface area (Å²) in [5.74, 6) is -2.00. The summed E-state index contributed by atoms with van der Waals surface area (Å²) < 4.78 is 4.85. The monoisotopic (exact) mass is 364 g/mol. The third kappa shape index (κ3) is 2.51. The zero-order valence-electron chi connectivity index (χ0n) is 14.5. The average Bonchev–Trinajstić information content (AvgIpc) is 2.95. The number of amides is 3. The summed E-state index contributed by atoms with van der Waals surface area (Å²) in [5.41, 5.74) is 1.20. The molecule has 2 aromatic carbocycles. The number of ether oxygens (including phenoxy) is 1. The van der Waals surface area contributed by atoms with Crippen LogP contribution in [0.4, 0.5) is 0 Å². The van der Waals surface area contributed by atoms with E-state index in [2.05, 4.69) is 0 Å². The Kier molecular flexibility index (Phi) is 3.99. The van der Waals surface area contributed by atoms with Crippen LogP contribution in [0.5, 0.6) is 0 Å². The van der Waals surface area contributed by atoms with Crippen LogP contribution >= 0.6 is 0 Å². The van der Waals surface area contributed by atoms with E-state index < -0.39 is 35.8 Å². The molecule has 0 N–H and O–H groups in total. The zero-order valence-corrected chi connectivity index (χ0v) is 14.5. The number of hydrogen-bond donors (Lipinski definition) is 0. The predicted molar refractivity (Wildman–Crippen MR) is 93.6 cm³/mol. The van der Waals surface area contributed by atoms with Crippen molar-refractivity contribution in [2.24, 2.45) is 0 Å². The van der Waals surface area contributed by atoms with E-state index in [0.29, 0.717) is 16.7 Å². The highest BCUT2D eigenvalue weighted by Gasteiger charge is 2.52. The first-order valence-electron chi connectivity index (χ1n) is 8.44. The van der Waals surface area contributed by atoms with Crippen LogP contribution in [-0.2, 0) is 14.3 Å². The normalized spacial score (nSPS) is 19.6. The summed E-state index contributed by atoms with van der Waals surface area (Å²) in [6.07, 6.45) is 0. The number of carbonyl (C=O) groups is 4. The van der Waals surface area contributed by atoms with Crippen LogP contribution in [0.2, 0.25) is 0 Å². The van der Waals surface area contributed by atoms with Gasteiger partial charge in [-0.25, -0.2) is 4.79 Å². The number of esters is 1. The van der Waals surface area contributed by atoms with Gasteiger partial charge in [0.2, 0.25) is 5.91 Å². The maximum Gasteiger partial charge on any atom is 0.333 e. The molecule has 7 heteroatoms. The minimum atomic E-state index is -0.909. The molecule has 0 bridgehead atoms. The Morgan fingerprint density at radius 3 is 2.04 bits per heavy atom. The summed E-state index contributed by atoms with van der Waals surface area (Å²) in [5, 5.41) is 0. The van der Waals surface area contributed by atoms with E-state index in [-0.39, 0.29) is 6.54 Å². The lowest BCUT2D eigenvalue weighted by atomic mass is 9.97. The number of nitrogens with zero attached hydrogens (tertiary/aromatic N) is 2. The summed E-state index contributed by atoms with van der Waals surface area (Å²) in [7, 11) is 1.25. The molecule has 2 aliphatic rings. The summed E-state index contributed by atoms with van der Waals surface area (Å²) in [6, 6.07) is 13.4. The van der Waals surface area contributed by atoms with Crippen LogP contribution < -0.4 is 0 Å². The SMILES string of the molecule is COC(=O)[C@H](c1ccccc1)N1C[C@H](N2C(=O)c3ccccc3C2=O)C1=O. The Hall–Kier alpha value is -3.48. The van der Waals surface area contributed by atoms with E-state index in [0.717, 1.165) is 4.90 Å². The van der Waals surface area contributed by atoms with Gasteiger partial charge in [0.05, 0.1) is 24.8 Å². The van der Waals surface area contributed by atoms with E-state index in [4.69, 9.17) is 4.74 Å². The molecule has 2 aromatic rings. The van der Waals surface area contributed by atoms with Crippen LogP contribution in [-0.4, -0.2) is 53.2 Å². The molecule has 2 aliphatic heterocycles. The molecular formula is C20H16N2O5. The number of likely N-dealkylation sites (tertiary alicyclic amines) is 1. The van der Waals surface area contributed by atoms with Crippen molar-refractivity contribution in [1.29, 1.82) is 0 Å². The number of fused-ring (bicyclic) bond motifs is 1. The molecular weight excluding hydrogens is 348 g/mol. The molecule has 3 amide bonds. The third-order valence-electron chi connectivity index (χ3n) is 4.93. The van der Waals surface area contributed by atoms with Crippen molar-refractivity contribution in [2.45, 2.75) is 12.1 Å². The van der Waals surface area contributed by atoms with Crippen LogP contribution in [0, 0.1) is 0 Å². The lowest BCUT2D eigenvalue weighted by Gasteiger charge is -2.45. The van der Waals surface area contributed by atoms with Crippen LogP contribution in [0.3, 0.4) is 0 Å². The topological polar surface area (TPSA) is 84.0 Å². The molecule has 0 unspecified atom stereocenters. The molecule has 0 spiro atoms. The summed E-state index contributed by atoms with van der Waals surface area (Å²) in [4.78, 5) is 52.5. The molecule has 0 radical (unpaired) electrons. The molecule has 2 heterocycles. The van der Waals surface area contributed by atoms with E-state index in [1.165, 1.54) is 12.0 Å². The first kappa shape index (κ1) is 17.0. The van der Waals surface area contributed by atoms with Crippen molar-refractivity contribution < 1.29 is 23.9 Å². The fourth-order valence-electron chi connectivity index (χ4n) is 3.54. The summed E-state index contributed by atoms with van der Waals surface area (Å²) in [6.45, 7) is 0.0823. The van der Waals surface area contributed by atoms with Gasteiger partial charge in [0.1, 0.15) is 6.04 Å². The quantitative estimate of drug-likeness (QED) is 0.465. The fourth-order valence-corrected chi connectivity index (χ4v) is 3.54. The first-order chi connectivity index (χ1) is 13.0. The van der Waals surface area contributed by atoms with Crippen molar-refractivity contribution in [3.05, 3.63) is 71.3 Å². The molecule has 2 atom stereocenters. The van der Waals surface area contributed by atoms with Gasteiger partial charge in [-0.3, -0.25) is 19.3 Å². The van der Waals surface area contributed by atoms with Crippen LogP contribution in [0.25, 0.3) is 0 Å². The second kappa shape index (κ2) is 6.35. The van der Waals surface area contributed by atoms with Crippen molar-refractivity contribution in [2.75, 3.05) is 13.7 Å². The standard InChI is InChI=1S/C20H16N2O5/c1-27-20(26)16(12-7-3-2-4-8-12)21-11-15(19(21)25)22-17(23)13-9-5-6-10-14(13)18(22)24/h2-10,15-16H,11H2,1H3/t15-,16-/m0/s1. The molecule has 1 fully saturated rings. The molecule has 4 rings (SSSR count). The van der Waals surface area contributed by atoms with E-state index in [1.54, 1.807) is 54.6 Å². The second-order valence-corrected chi connectivity index (χ2v) is 6.37. The van der Waals surface area contributed by atoms with Crippen LogP contribution in [0.15, 0.2) is 54.6 Å². The molecule has 27 heavy (non-hydrogen) atoms. The number of β-lactam (4-membered cyclic amide) rings is 1. The van der Waals surface area contributed by atoms with Crippen molar-refractivity contribution in [1.82, 2.24) is 9.80 Å². The first-order valence-corrected chi connectivity index (χ1v) is 8.44. The number of rotatable bonds is 4. The van der Waals surface area contributed by atoms with Gasteiger partial charge in [0.25, 0.3) is 11.8 Å². The van der Waals surface area contributed by atoms with Crippen molar-refractivity contribution >= 4 is 23.7 Å². The predicted octanol–water partition coefficient (Wildman–Crippen LogP) is 1.41. The number of methoxy groups -OCH3 is 1. The smallest absolute Gasteiger partial charge is 0.333 e. The zero-order chi connectivity index (χ0) is 19.1. The third-order valence-corrected chi connectivity index (χ3v) is 4.93. The highest BCUT2D eigenvalue weighted by Crippen LogP contribution is 2.34. The maximum absolute atomic E-state index is 12.8. The fraction of sp³-hybridized carbons (Fsp3) is 0.200. The lowest BCUT2D eigenvalue weighted by molar-refractivity contribution is -0.163. The van der Waals surface area contributed by atoms with Gasteiger partial charge in [-0.05, 0) is 17.7 Å². The highest BCUT2D eigenvalue weighted by molar-refractivity contribution is 6.23. The number of benzene rings is 2. The molecule has 1 saturated heterocycles. The Balaban J connectivity index is 1.59. The van der Waals surface area contributed by atoms with E-state index in [1.807, 2.05) is 0 Å². The Morgan fingerprint density at radius 2 is 1.52 bits per heavy atom. The minimum Gasteiger partial charge on any atom is -0.467 e. The Labute approximate surface area is 155 Å². The van der Waals surface area contributed by atoms with Crippen molar-refractivity contribution in [3.8, 4) is 0 Å². The Morgan fingerprint density at radius 1 is 0.963 bits per heavy atom. The summed E-state index contributed by atoms with van der Waals surface area (Å²) >= 11 is 0. The number of imide groups is 1. The molecule has 7 nitrogen and oxygen atoms in total. The van der Waals surface area contributed by atoms with Gasteiger partial charge >= 0.3 is 5.97 Å². The van der Waals surface area contributed by atoms with Gasteiger partial charge in [-0.1, -0.05) is 42.5 Å². The highest BCUT2D eigenvalue weighted by atomic mass is 16.5. The Bertz CT molecular complexity index is 921. The largest absolute Gasteiger partial charge is 0.467 e. The van der Waals surface area contributed by atoms with Gasteiger partial charge < -0.3 is 9.64 Å². The van der Waals surface area contributed by atoms with E-state index in [9.17, 15) is 19.2 Å². The van der Waals surface area contributed by atoms with Gasteiger partial charge in [-0.2, -0.15) is 0 Å². The minimum absolute atomic E-state index is 0.0823. The van der Waals surface area contributed by atoms with Crippen molar-refractivity contribution in [3.63, 3.8) is 0 Å². The lowest BCUT2D eigenvalue weighted by Crippen LogP contribution is -2.66. The van der Waals surface area contributed by atoms with Gasteiger partial charge in [0.15, 0.2) is 6.04 Å². The average molecular weight is 364 g/mol. The number of hydrogen-bond acceptors (Lipinski definition) is 5. The molecule has 136 valence electrons. The van der Waals surface area contributed by atoms with Gasteiger partial charge in [-0.15, -0.1) is 0 Å². The molecule has 0 aliphatic carbocycles. The molecule has 0 aromatic heterocycles. The van der Waals surface area contributed by atoms with Gasteiger partial charge in [0, 0.05) is 0 Å². The second-order valence-electron chi connectivity index (χ2n) is 6.37. The van der Waals surface area contributed by atoms with Crippen LogP contribution in [0.1, 0.15) is 32.3 Å². The van der Waals surface area contributed by atoms with E-state index >= 15 is 0 Å². The maximum atomic E-state index is 12.8.